The Bertz CT molecular complexity index is 538. The zero-order valence-corrected chi connectivity index (χ0v) is 15.6. The molecule has 0 saturated heterocycles. The number of carboxylic acids is 4. The lowest BCUT2D eigenvalue weighted by atomic mass is 10.4. The Balaban J connectivity index is 0. The second kappa shape index (κ2) is 14.0. The minimum Gasteiger partial charge on any atom is -0.778 e. The number of nitrogens with zero attached hydrogens (tertiary/aromatic N) is 3. The molecule has 1 atom stereocenters. The van der Waals surface area contributed by atoms with Crippen LogP contribution in [0.1, 0.15) is 7.43 Å². The molecule has 0 spiro atoms. The van der Waals surface area contributed by atoms with E-state index in [1.165, 1.54) is 0 Å². The summed E-state index contributed by atoms with van der Waals surface area (Å²) in [5.74, 6) is -6.34. The lowest BCUT2D eigenvalue weighted by Crippen LogP contribution is -2.49. The molecule has 0 heterocycles. The summed E-state index contributed by atoms with van der Waals surface area (Å²) in [5.41, 5.74) is 0. The highest BCUT2D eigenvalue weighted by molar-refractivity contribution is 7.50. The Hall–Kier alpha value is -2.09. The highest BCUT2D eigenvalue weighted by Gasteiger charge is 2.16. The number of hydrogen-bond acceptors (Lipinski definition) is 13. The first-order valence-corrected chi connectivity index (χ1v) is 9.54. The van der Waals surface area contributed by atoms with E-state index in [4.69, 9.17) is 4.89 Å². The molecular formula is C14H23N3O11P-5. The van der Waals surface area contributed by atoms with Crippen LogP contribution in [0.4, 0.5) is 0 Å². The first kappa shape index (κ1) is 29.1. The van der Waals surface area contributed by atoms with E-state index in [1.807, 2.05) is 0 Å². The fourth-order valence-corrected chi connectivity index (χ4v) is 3.02. The van der Waals surface area contributed by atoms with Gasteiger partial charge in [0.05, 0.1) is 30.2 Å². The lowest BCUT2D eigenvalue weighted by molar-refractivity contribution is -0.312. The smallest absolute Gasteiger partial charge is 0.146 e. The van der Waals surface area contributed by atoms with Crippen LogP contribution in [0.15, 0.2) is 0 Å². The van der Waals surface area contributed by atoms with Crippen molar-refractivity contribution in [3.05, 3.63) is 0 Å². The normalized spacial score (nSPS) is 13.1. The number of carbonyl (C=O) groups is 4. The molecule has 0 fully saturated rings. The summed E-state index contributed by atoms with van der Waals surface area (Å²) >= 11 is 0. The van der Waals surface area contributed by atoms with E-state index < -0.39 is 63.9 Å². The lowest BCUT2D eigenvalue weighted by Gasteiger charge is -2.32. The molecule has 14 nitrogen and oxygen atoms in total. The summed E-state index contributed by atoms with van der Waals surface area (Å²) in [6.45, 7) is -4.18. The first-order chi connectivity index (χ1) is 12.8. The average molecular weight is 440 g/mol. The predicted molar refractivity (Wildman–Crippen MR) is 85.9 cm³/mol. The summed E-state index contributed by atoms with van der Waals surface area (Å²) in [6.07, 6.45) is -0.915. The van der Waals surface area contributed by atoms with Crippen molar-refractivity contribution < 1.29 is 54.0 Å². The molecule has 0 saturated carbocycles. The van der Waals surface area contributed by atoms with Gasteiger partial charge in [-0.1, -0.05) is 7.43 Å². The van der Waals surface area contributed by atoms with Gasteiger partial charge in [-0.3, -0.25) is 14.7 Å². The van der Waals surface area contributed by atoms with Crippen molar-refractivity contribution in [2.75, 3.05) is 58.6 Å². The Morgan fingerprint density at radius 2 is 0.897 bits per heavy atom. The minimum absolute atomic E-state index is 0. The maximum atomic E-state index is 11.1. The Morgan fingerprint density at radius 3 is 1.10 bits per heavy atom. The van der Waals surface area contributed by atoms with Crippen molar-refractivity contribution in [2.45, 2.75) is 7.43 Å². The van der Waals surface area contributed by atoms with Gasteiger partial charge in [0.25, 0.3) is 0 Å². The van der Waals surface area contributed by atoms with E-state index in [2.05, 4.69) is 0 Å². The third kappa shape index (κ3) is 17.7. The topological polar surface area (TPSA) is 231 Å². The molecule has 170 valence electrons. The van der Waals surface area contributed by atoms with Gasteiger partial charge in [0.15, 0.2) is 0 Å². The number of rotatable bonds is 16. The number of hydrogen-bond donors (Lipinski definition) is 1. The van der Waals surface area contributed by atoms with E-state index in [0.717, 1.165) is 14.7 Å². The quantitative estimate of drug-likeness (QED) is 0.220. The van der Waals surface area contributed by atoms with Crippen molar-refractivity contribution in [1.82, 2.24) is 14.7 Å². The molecule has 0 aliphatic rings. The molecule has 0 aromatic rings. The number of aliphatic carboxylic acids is 4. The highest BCUT2D eigenvalue weighted by atomic mass is 31.2. The van der Waals surface area contributed by atoms with Crippen LogP contribution in [0, 0.1) is 0 Å². The zero-order valence-electron chi connectivity index (χ0n) is 14.7. The molecule has 0 amide bonds. The Kier molecular flexibility index (Phi) is 14.0. The molecule has 0 radical (unpaired) electrons. The van der Waals surface area contributed by atoms with E-state index in [0.29, 0.717) is 0 Å². The largest absolute Gasteiger partial charge is 0.778 e. The number of carbonyl (C=O) groups excluding carboxylic acids is 4. The van der Waals surface area contributed by atoms with Crippen molar-refractivity contribution in [1.29, 1.82) is 0 Å². The van der Waals surface area contributed by atoms with Crippen LogP contribution in [0.3, 0.4) is 0 Å². The molecule has 15 heteroatoms. The van der Waals surface area contributed by atoms with E-state index in [9.17, 15) is 49.1 Å². The van der Waals surface area contributed by atoms with Crippen LogP contribution in [-0.2, 0) is 23.7 Å². The van der Waals surface area contributed by atoms with Gasteiger partial charge in [0, 0.05) is 52.4 Å². The second-order valence-electron chi connectivity index (χ2n) is 5.81. The Labute approximate surface area is 167 Å². The number of carboxylic acid groups (broad SMARTS) is 4. The van der Waals surface area contributed by atoms with Crippen molar-refractivity contribution in [3.63, 3.8) is 0 Å². The SMILES string of the molecule is C.O=C([O-])CN(CCN(CCN(CC(=O)[O-])CC(=O)[O-])CP(=O)([O-])O)CC(=O)[O-]. The van der Waals surface area contributed by atoms with E-state index >= 15 is 0 Å². The van der Waals surface area contributed by atoms with Gasteiger partial charge in [-0.05, 0) is 0 Å². The van der Waals surface area contributed by atoms with Gasteiger partial charge in [-0.25, -0.2) is 0 Å². The Morgan fingerprint density at radius 1 is 0.655 bits per heavy atom. The monoisotopic (exact) mass is 440 g/mol. The third-order valence-electron chi connectivity index (χ3n) is 3.25. The van der Waals surface area contributed by atoms with Crippen LogP contribution in [0.2, 0.25) is 0 Å². The third-order valence-corrected chi connectivity index (χ3v) is 4.01. The fraction of sp³-hybridized carbons (Fsp3) is 0.714. The van der Waals surface area contributed by atoms with Gasteiger partial charge < -0.3 is 54.0 Å². The maximum absolute atomic E-state index is 11.1. The van der Waals surface area contributed by atoms with Gasteiger partial charge in [-0.15, -0.1) is 0 Å². The van der Waals surface area contributed by atoms with Gasteiger partial charge in [-0.2, -0.15) is 0 Å². The molecule has 0 rings (SSSR count). The van der Waals surface area contributed by atoms with Crippen molar-refractivity contribution in [3.8, 4) is 0 Å². The predicted octanol–water partition coefficient (Wildman–Crippen LogP) is -7.97. The van der Waals surface area contributed by atoms with Crippen molar-refractivity contribution >= 4 is 31.5 Å². The molecule has 0 aliphatic carbocycles. The molecule has 1 N–H and O–H groups in total. The molecule has 0 bridgehead atoms. The van der Waals surface area contributed by atoms with Gasteiger partial charge in [0.2, 0.25) is 0 Å². The van der Waals surface area contributed by atoms with Gasteiger partial charge in [0.1, 0.15) is 7.60 Å². The molecular weight excluding hydrogens is 417 g/mol. The molecule has 0 aliphatic heterocycles. The van der Waals surface area contributed by atoms with Crippen LogP contribution in [0.25, 0.3) is 0 Å². The molecule has 0 aromatic carbocycles. The van der Waals surface area contributed by atoms with Crippen molar-refractivity contribution in [2.24, 2.45) is 0 Å². The first-order valence-electron chi connectivity index (χ1n) is 7.77. The highest BCUT2D eigenvalue weighted by Crippen LogP contribution is 2.29. The average Bonchev–Trinajstić information content (AvgIpc) is 2.45. The fourth-order valence-electron chi connectivity index (χ4n) is 2.23. The maximum Gasteiger partial charge on any atom is 0.146 e. The van der Waals surface area contributed by atoms with E-state index in [1.54, 1.807) is 0 Å². The summed E-state index contributed by atoms with van der Waals surface area (Å²) in [6, 6.07) is 0. The molecule has 29 heavy (non-hydrogen) atoms. The van der Waals surface area contributed by atoms with Crippen LogP contribution >= 0.6 is 7.60 Å². The zero-order chi connectivity index (χ0) is 21.9. The summed E-state index contributed by atoms with van der Waals surface area (Å²) in [4.78, 5) is 65.5. The van der Waals surface area contributed by atoms with Crippen LogP contribution in [0.5, 0.6) is 0 Å². The standard InChI is InChI=1S/C13H24N3O11P.CH4/c17-10(18)5-15(6-11(19)20)3-1-14(9-28(25,26)27)2-4-16(7-12(21)22)8-13(23)24;/h1-9H2,(H,17,18)(H,19,20)(H,21,22)(H,23,24)(H2,25,26,27);1H4/p-5. The van der Waals surface area contributed by atoms with E-state index in [-0.39, 0.29) is 33.6 Å². The summed E-state index contributed by atoms with van der Waals surface area (Å²) in [5, 5.41) is 42.6. The molecule has 0 aromatic heterocycles. The summed E-state index contributed by atoms with van der Waals surface area (Å²) in [7, 11) is -4.83. The molecule has 1 unspecified atom stereocenters. The second-order valence-corrected chi connectivity index (χ2v) is 7.36. The van der Waals surface area contributed by atoms with Gasteiger partial charge >= 0.3 is 0 Å². The van der Waals surface area contributed by atoms with Crippen LogP contribution < -0.4 is 25.3 Å². The minimum atomic E-state index is -4.83. The summed E-state index contributed by atoms with van der Waals surface area (Å²) < 4.78 is 11.1. The van der Waals surface area contributed by atoms with Crippen LogP contribution in [-0.4, -0.2) is 102 Å².